The van der Waals surface area contributed by atoms with Gasteiger partial charge in [-0.1, -0.05) is 31.9 Å². The molecule has 2 fully saturated rings. The number of hydrogen-bond donors (Lipinski definition) is 4. The third-order valence-electron chi connectivity index (χ3n) is 7.40. The highest BCUT2D eigenvalue weighted by molar-refractivity contribution is 5.88. The molecule has 2 bridgehead atoms. The minimum atomic E-state index is -2.74. The SMILES string of the molecule is CC1(C)C2CC=C(CCOCCN3CCCCC3)C1C2.O=C(O)CC(O)(CC(=O)O)C(=O)O. The first-order chi connectivity index (χ1) is 15.5. The highest BCUT2D eigenvalue weighted by atomic mass is 16.5. The summed E-state index contributed by atoms with van der Waals surface area (Å²) in [4.78, 5) is 33.0. The van der Waals surface area contributed by atoms with Crippen LogP contribution in [0, 0.1) is 17.3 Å². The highest BCUT2D eigenvalue weighted by Crippen LogP contribution is 2.59. The predicted octanol–water partition coefficient (Wildman–Crippen LogP) is 2.62. The lowest BCUT2D eigenvalue weighted by molar-refractivity contribution is -0.170. The van der Waals surface area contributed by atoms with E-state index in [-0.39, 0.29) is 0 Å². The van der Waals surface area contributed by atoms with Gasteiger partial charge in [0.2, 0.25) is 0 Å². The molecule has 0 aromatic heterocycles. The van der Waals surface area contributed by atoms with E-state index in [0.29, 0.717) is 5.41 Å². The Bertz CT molecular complexity index is 710. The average Bonchev–Trinajstić information content (AvgIpc) is 2.73. The van der Waals surface area contributed by atoms with Gasteiger partial charge in [0.25, 0.3) is 0 Å². The number of aliphatic hydroxyl groups is 1. The van der Waals surface area contributed by atoms with Gasteiger partial charge in [0, 0.05) is 6.54 Å². The second kappa shape index (κ2) is 11.9. The largest absolute Gasteiger partial charge is 0.481 e. The Hall–Kier alpha value is -1.97. The van der Waals surface area contributed by atoms with E-state index in [1.807, 2.05) is 0 Å². The molecule has 2 atom stereocenters. The van der Waals surface area contributed by atoms with E-state index >= 15 is 0 Å². The number of aliphatic carboxylic acids is 3. The Morgan fingerprint density at radius 1 is 1.06 bits per heavy atom. The fraction of sp³-hybridized carbons (Fsp3) is 0.792. The normalized spacial score (nSPS) is 24.0. The quantitative estimate of drug-likeness (QED) is 0.265. The minimum Gasteiger partial charge on any atom is -0.481 e. The number of hydrogen-bond acceptors (Lipinski definition) is 6. The topological polar surface area (TPSA) is 145 Å². The fourth-order valence-corrected chi connectivity index (χ4v) is 5.14. The van der Waals surface area contributed by atoms with Gasteiger partial charge in [-0.15, -0.1) is 0 Å². The van der Waals surface area contributed by atoms with Crippen LogP contribution in [-0.4, -0.2) is 81.7 Å². The van der Waals surface area contributed by atoms with E-state index in [2.05, 4.69) is 24.8 Å². The van der Waals surface area contributed by atoms with Gasteiger partial charge in [0.05, 0.1) is 26.1 Å². The molecule has 4 rings (SSSR count). The van der Waals surface area contributed by atoms with Crippen molar-refractivity contribution in [3.63, 3.8) is 0 Å². The third kappa shape index (κ3) is 7.79. The van der Waals surface area contributed by atoms with Gasteiger partial charge in [-0.25, -0.2) is 4.79 Å². The molecule has 0 amide bonds. The van der Waals surface area contributed by atoms with Gasteiger partial charge < -0.3 is 30.1 Å². The number of carboxylic acids is 3. The number of rotatable bonds is 11. The van der Waals surface area contributed by atoms with Crippen molar-refractivity contribution in [3.8, 4) is 0 Å². The number of fused-ring (bicyclic) bond motifs is 1. The summed E-state index contributed by atoms with van der Waals surface area (Å²) in [5, 5.41) is 33.8. The summed E-state index contributed by atoms with van der Waals surface area (Å²) in [6.07, 6.45) is 8.32. The van der Waals surface area contributed by atoms with Crippen LogP contribution < -0.4 is 0 Å². The second-order valence-corrected chi connectivity index (χ2v) is 10.1. The van der Waals surface area contributed by atoms with Crippen molar-refractivity contribution in [1.29, 1.82) is 0 Å². The number of likely N-dealkylation sites (tertiary alicyclic amines) is 1. The number of carbonyl (C=O) groups is 3. The summed E-state index contributed by atoms with van der Waals surface area (Å²) in [6.45, 7) is 10.5. The Morgan fingerprint density at radius 3 is 2.15 bits per heavy atom. The molecule has 1 aliphatic heterocycles. The lowest BCUT2D eigenvalue weighted by atomic mass is 9.48. The van der Waals surface area contributed by atoms with Gasteiger partial charge in [-0.2, -0.15) is 0 Å². The molecule has 188 valence electrons. The van der Waals surface area contributed by atoms with Crippen LogP contribution in [0.3, 0.4) is 0 Å². The lowest BCUT2D eigenvalue weighted by Crippen LogP contribution is -2.48. The summed E-state index contributed by atoms with van der Waals surface area (Å²) in [6, 6.07) is 0. The van der Waals surface area contributed by atoms with Crippen LogP contribution >= 0.6 is 0 Å². The van der Waals surface area contributed by atoms with Crippen LogP contribution in [0.25, 0.3) is 0 Å². The van der Waals surface area contributed by atoms with Crippen molar-refractivity contribution in [1.82, 2.24) is 4.90 Å². The fourth-order valence-electron chi connectivity index (χ4n) is 5.14. The first kappa shape index (κ1) is 27.3. The summed E-state index contributed by atoms with van der Waals surface area (Å²) >= 11 is 0. The number of nitrogens with zero attached hydrogens (tertiary/aromatic N) is 1. The molecule has 0 aromatic rings. The molecular formula is C24H39NO8. The van der Waals surface area contributed by atoms with Gasteiger partial charge in [0.1, 0.15) is 0 Å². The zero-order valence-electron chi connectivity index (χ0n) is 19.8. The molecular weight excluding hydrogens is 430 g/mol. The van der Waals surface area contributed by atoms with Gasteiger partial charge in [-0.05, 0) is 62.4 Å². The number of carboxylic acid groups (broad SMARTS) is 3. The van der Waals surface area contributed by atoms with Crippen LogP contribution in [0.4, 0.5) is 0 Å². The third-order valence-corrected chi connectivity index (χ3v) is 7.40. The summed E-state index contributed by atoms with van der Waals surface area (Å²) < 4.78 is 5.89. The first-order valence-electron chi connectivity index (χ1n) is 11.8. The van der Waals surface area contributed by atoms with Crippen molar-refractivity contribution >= 4 is 17.9 Å². The van der Waals surface area contributed by atoms with Crippen molar-refractivity contribution in [2.24, 2.45) is 17.3 Å². The molecule has 1 heterocycles. The molecule has 0 aromatic carbocycles. The second-order valence-electron chi connectivity index (χ2n) is 10.1. The van der Waals surface area contributed by atoms with Crippen molar-refractivity contribution in [2.45, 2.75) is 70.8 Å². The molecule has 4 aliphatic rings. The van der Waals surface area contributed by atoms with Gasteiger partial charge in [0.15, 0.2) is 5.60 Å². The zero-order chi connectivity index (χ0) is 24.6. The van der Waals surface area contributed by atoms with E-state index in [1.54, 1.807) is 5.57 Å². The molecule has 4 N–H and O–H groups in total. The Balaban J connectivity index is 0.000000260. The van der Waals surface area contributed by atoms with Crippen molar-refractivity contribution < 1.29 is 39.5 Å². The van der Waals surface area contributed by atoms with E-state index in [9.17, 15) is 14.4 Å². The Morgan fingerprint density at radius 2 is 1.67 bits per heavy atom. The van der Waals surface area contributed by atoms with Crippen molar-refractivity contribution in [2.75, 3.05) is 32.8 Å². The van der Waals surface area contributed by atoms with E-state index in [0.717, 1.165) is 31.6 Å². The molecule has 1 saturated heterocycles. The summed E-state index contributed by atoms with van der Waals surface area (Å²) in [7, 11) is 0. The molecule has 2 unspecified atom stereocenters. The maximum Gasteiger partial charge on any atom is 0.336 e. The predicted molar refractivity (Wildman–Crippen MR) is 121 cm³/mol. The maximum atomic E-state index is 10.3. The van der Waals surface area contributed by atoms with Crippen LogP contribution in [0.2, 0.25) is 0 Å². The Labute approximate surface area is 195 Å². The Kier molecular flexibility index (Phi) is 9.87. The zero-order valence-corrected chi connectivity index (χ0v) is 19.8. The molecule has 9 nitrogen and oxygen atoms in total. The number of allylic oxidation sites excluding steroid dienone is 1. The minimum absolute atomic E-state index is 0.567. The van der Waals surface area contributed by atoms with Crippen LogP contribution in [-0.2, 0) is 19.1 Å². The molecule has 33 heavy (non-hydrogen) atoms. The summed E-state index contributed by atoms with van der Waals surface area (Å²) in [5.74, 6) is -3.21. The smallest absolute Gasteiger partial charge is 0.336 e. The average molecular weight is 470 g/mol. The van der Waals surface area contributed by atoms with E-state index in [4.69, 9.17) is 25.2 Å². The van der Waals surface area contributed by atoms with Crippen LogP contribution in [0.5, 0.6) is 0 Å². The highest BCUT2D eigenvalue weighted by Gasteiger charge is 2.50. The van der Waals surface area contributed by atoms with Gasteiger partial charge >= 0.3 is 17.9 Å². The molecule has 1 saturated carbocycles. The lowest BCUT2D eigenvalue weighted by Gasteiger charge is -2.56. The van der Waals surface area contributed by atoms with E-state index in [1.165, 1.54) is 51.6 Å². The first-order valence-corrected chi connectivity index (χ1v) is 11.8. The van der Waals surface area contributed by atoms with Gasteiger partial charge in [-0.3, -0.25) is 9.59 Å². The molecule has 0 radical (unpaired) electrons. The number of ether oxygens (including phenoxy) is 1. The number of piperidine rings is 1. The molecule has 3 aliphatic carbocycles. The molecule has 9 heteroatoms. The van der Waals surface area contributed by atoms with Crippen molar-refractivity contribution in [3.05, 3.63) is 11.6 Å². The molecule has 0 spiro atoms. The monoisotopic (exact) mass is 469 g/mol. The maximum absolute atomic E-state index is 10.3. The van der Waals surface area contributed by atoms with E-state index < -0.39 is 36.4 Å². The van der Waals surface area contributed by atoms with Crippen LogP contribution in [0.1, 0.15) is 65.2 Å². The summed E-state index contributed by atoms with van der Waals surface area (Å²) in [5.41, 5.74) is -0.481. The standard InChI is InChI=1S/C18H31NO.C6H8O7/c1-18(2)16-7-6-15(17(18)14-16)8-12-20-13-11-19-9-4-3-5-10-19;7-3(8)1-6(13,5(11)12)2-4(9)10/h6,16-17H,3-5,7-14H2,1-2H3;13H,1-2H2,(H,7,8)(H,9,10)(H,11,12). The van der Waals surface area contributed by atoms with Crippen LogP contribution in [0.15, 0.2) is 11.6 Å².